The van der Waals surface area contributed by atoms with Crippen LogP contribution in [-0.2, 0) is 6.42 Å². The largest absolute Gasteiger partial charge is 1.00 e. The molecule has 0 atom stereocenters. The molecule has 0 aliphatic heterocycles. The highest BCUT2D eigenvalue weighted by Gasteiger charge is 2.14. The summed E-state index contributed by atoms with van der Waals surface area (Å²) in [7, 11) is 0. The number of hydrogen-bond acceptors (Lipinski definition) is 1. The van der Waals surface area contributed by atoms with Crippen molar-refractivity contribution in [2.24, 2.45) is 0 Å². The third-order valence-corrected chi connectivity index (χ3v) is 3.20. The third kappa shape index (κ3) is 1.85. The Hall–Kier alpha value is -1.61. The lowest BCUT2D eigenvalue weighted by Gasteiger charge is -2.03. The number of aromatic nitrogens is 1. The van der Waals surface area contributed by atoms with Crippen molar-refractivity contribution >= 4 is 16.3 Å². The topological polar surface area (TPSA) is 24.3 Å². The van der Waals surface area contributed by atoms with Gasteiger partial charge in [0, 0.05) is 23.9 Å². The number of benzene rings is 1. The van der Waals surface area contributed by atoms with Crippen LogP contribution in [0.15, 0.2) is 48.7 Å². The molecule has 2 heterocycles. The number of rotatable bonds is 1. The molecule has 0 saturated heterocycles. The van der Waals surface area contributed by atoms with Crippen LogP contribution < -0.4 is 21.4 Å². The Morgan fingerprint density at radius 1 is 1.00 bits per heavy atom. The molecule has 3 rings (SSSR count). The lowest BCUT2D eigenvalue weighted by molar-refractivity contribution is -0.521. The van der Waals surface area contributed by atoms with Gasteiger partial charge >= 0.3 is 0 Å². The molecule has 0 radical (unpaired) electrons. The van der Waals surface area contributed by atoms with Crippen LogP contribution in [0.5, 0.6) is 5.75 Å². The van der Waals surface area contributed by atoms with Gasteiger partial charge in [-0.05, 0) is 12.1 Å². The molecule has 1 N–H and O–H groups in total. The van der Waals surface area contributed by atoms with Crippen LogP contribution in [0.25, 0.3) is 16.3 Å². The predicted molar refractivity (Wildman–Crippen MR) is 68.2 cm³/mol. The van der Waals surface area contributed by atoms with E-state index in [1.165, 1.54) is 5.69 Å². The maximum Gasteiger partial charge on any atom is 0.218 e. The summed E-state index contributed by atoms with van der Waals surface area (Å²) < 4.78 is 2.07. The number of hydrogen-bond donors (Lipinski definition) is 1. The van der Waals surface area contributed by atoms with Crippen LogP contribution in [0.4, 0.5) is 0 Å². The summed E-state index contributed by atoms with van der Waals surface area (Å²) in [5, 5.41) is 12.1. The summed E-state index contributed by atoms with van der Waals surface area (Å²) in [6.45, 7) is 2.12. The first-order valence-corrected chi connectivity index (χ1v) is 5.85. The zero-order chi connectivity index (χ0) is 11.8. The summed E-state index contributed by atoms with van der Waals surface area (Å²) in [5.74, 6) is 0.332. The molecule has 3 heteroatoms. The van der Waals surface area contributed by atoms with Gasteiger partial charge in [0.05, 0.1) is 5.39 Å². The van der Waals surface area contributed by atoms with Gasteiger partial charge in [0.2, 0.25) is 11.7 Å². The van der Waals surface area contributed by atoms with Crippen molar-refractivity contribution in [1.29, 1.82) is 0 Å². The number of nitrogens with zero attached hydrogens (tertiary/aromatic N) is 1. The van der Waals surface area contributed by atoms with Crippen molar-refractivity contribution in [2.45, 2.75) is 13.3 Å². The van der Waals surface area contributed by atoms with Gasteiger partial charge in [0.1, 0.15) is 0 Å². The highest BCUT2D eigenvalue weighted by molar-refractivity contribution is 5.96. The van der Waals surface area contributed by atoms with E-state index in [2.05, 4.69) is 29.5 Å². The number of pyridine rings is 2. The van der Waals surface area contributed by atoms with Gasteiger partial charge in [-0.15, -0.1) is 0 Å². The average Bonchev–Trinajstić information content (AvgIpc) is 2.39. The van der Waals surface area contributed by atoms with Crippen LogP contribution >= 0.6 is 0 Å². The molecular formula is C15H14BrNO. The highest BCUT2D eigenvalue weighted by Crippen LogP contribution is 2.25. The minimum absolute atomic E-state index is 0. The standard InChI is InChI=1S/C15H13NO.BrH/c1-2-11-6-5-9-14-12-7-3-4-8-13(12)15(17)10-16(11)14;/h3-10H,2H2,1H3;1H. The van der Waals surface area contributed by atoms with E-state index in [1.54, 1.807) is 6.20 Å². The predicted octanol–water partition coefficient (Wildman–Crippen LogP) is -0.150. The minimum Gasteiger partial charge on any atom is -1.00 e. The van der Waals surface area contributed by atoms with E-state index in [0.717, 1.165) is 22.7 Å². The summed E-state index contributed by atoms with van der Waals surface area (Å²) in [6.07, 6.45) is 2.75. The van der Waals surface area contributed by atoms with E-state index in [4.69, 9.17) is 0 Å². The van der Waals surface area contributed by atoms with E-state index in [9.17, 15) is 5.11 Å². The molecule has 1 aromatic carbocycles. The molecule has 0 bridgehead atoms. The van der Waals surface area contributed by atoms with Crippen LogP contribution in [-0.4, -0.2) is 5.11 Å². The van der Waals surface area contributed by atoms with Crippen molar-refractivity contribution in [3.63, 3.8) is 0 Å². The van der Waals surface area contributed by atoms with Crippen molar-refractivity contribution in [1.82, 2.24) is 0 Å². The fourth-order valence-corrected chi connectivity index (χ4v) is 2.35. The Morgan fingerprint density at radius 3 is 2.44 bits per heavy atom. The van der Waals surface area contributed by atoms with Crippen LogP contribution in [0.1, 0.15) is 12.6 Å². The Balaban J connectivity index is 0.00000120. The van der Waals surface area contributed by atoms with Crippen molar-refractivity contribution in [3.8, 4) is 5.75 Å². The first-order valence-electron chi connectivity index (χ1n) is 5.85. The monoisotopic (exact) mass is 303 g/mol. The van der Waals surface area contributed by atoms with E-state index in [1.807, 2.05) is 24.3 Å². The second-order valence-electron chi connectivity index (χ2n) is 4.19. The quantitative estimate of drug-likeness (QED) is 0.491. The van der Waals surface area contributed by atoms with Crippen molar-refractivity contribution in [2.75, 3.05) is 0 Å². The first-order chi connectivity index (χ1) is 8.31. The number of aromatic hydroxyl groups is 1. The summed E-state index contributed by atoms with van der Waals surface area (Å²) in [6, 6.07) is 14.2. The minimum atomic E-state index is 0. The normalized spacial score (nSPS) is 10.5. The fraction of sp³-hybridized carbons (Fsp3) is 0.133. The van der Waals surface area contributed by atoms with E-state index in [-0.39, 0.29) is 17.0 Å². The molecular weight excluding hydrogens is 290 g/mol. The average molecular weight is 304 g/mol. The molecule has 0 aliphatic carbocycles. The molecule has 2 aromatic heterocycles. The number of aryl methyl sites for hydroxylation is 1. The molecule has 2 nitrogen and oxygen atoms in total. The van der Waals surface area contributed by atoms with Crippen molar-refractivity contribution < 1.29 is 26.5 Å². The lowest BCUT2D eigenvalue weighted by Crippen LogP contribution is -3.00. The molecule has 92 valence electrons. The Kier molecular flexibility index (Phi) is 3.53. The zero-order valence-corrected chi connectivity index (χ0v) is 11.7. The van der Waals surface area contributed by atoms with Gasteiger partial charge in [-0.1, -0.05) is 25.1 Å². The van der Waals surface area contributed by atoms with E-state index < -0.39 is 0 Å². The maximum atomic E-state index is 10.1. The molecule has 0 fully saturated rings. The summed E-state index contributed by atoms with van der Waals surface area (Å²) in [4.78, 5) is 0. The van der Waals surface area contributed by atoms with Crippen LogP contribution in [0.3, 0.4) is 0 Å². The molecule has 0 aliphatic rings. The number of fused-ring (bicyclic) bond motifs is 3. The van der Waals surface area contributed by atoms with Gasteiger partial charge in [-0.3, -0.25) is 0 Å². The molecule has 18 heavy (non-hydrogen) atoms. The molecule has 0 saturated carbocycles. The van der Waals surface area contributed by atoms with Crippen LogP contribution in [0.2, 0.25) is 0 Å². The number of halogens is 1. The maximum absolute atomic E-state index is 10.1. The van der Waals surface area contributed by atoms with E-state index >= 15 is 0 Å². The van der Waals surface area contributed by atoms with Crippen LogP contribution in [0, 0.1) is 0 Å². The lowest BCUT2D eigenvalue weighted by atomic mass is 10.1. The first kappa shape index (κ1) is 12.8. The van der Waals surface area contributed by atoms with Gasteiger partial charge in [-0.25, -0.2) is 0 Å². The second kappa shape index (κ2) is 4.94. The second-order valence-corrected chi connectivity index (χ2v) is 4.19. The fourth-order valence-electron chi connectivity index (χ4n) is 2.35. The summed E-state index contributed by atoms with van der Waals surface area (Å²) >= 11 is 0. The van der Waals surface area contributed by atoms with Gasteiger partial charge < -0.3 is 22.1 Å². The zero-order valence-electron chi connectivity index (χ0n) is 10.1. The van der Waals surface area contributed by atoms with E-state index in [0.29, 0.717) is 5.75 Å². The summed E-state index contributed by atoms with van der Waals surface area (Å²) in [5.41, 5.74) is 2.33. The van der Waals surface area contributed by atoms with Gasteiger partial charge in [-0.2, -0.15) is 4.40 Å². The Bertz CT molecular complexity index is 709. The highest BCUT2D eigenvalue weighted by atomic mass is 79.9. The molecule has 0 amide bonds. The Labute approximate surface area is 116 Å². The van der Waals surface area contributed by atoms with Gasteiger partial charge in [0.15, 0.2) is 11.4 Å². The molecule has 0 unspecified atom stereocenters. The molecule has 0 spiro atoms. The van der Waals surface area contributed by atoms with Gasteiger partial charge in [0.25, 0.3) is 0 Å². The SMILES string of the molecule is CCc1cccc2c3ccccc3c(O)c[n+]12.[Br-]. The Morgan fingerprint density at radius 2 is 1.72 bits per heavy atom. The smallest absolute Gasteiger partial charge is 0.218 e. The van der Waals surface area contributed by atoms with Crippen molar-refractivity contribution in [3.05, 3.63) is 54.4 Å². The molecule has 3 aromatic rings. The third-order valence-electron chi connectivity index (χ3n) is 3.20.